The Hall–Kier alpha value is -1.83. The van der Waals surface area contributed by atoms with E-state index in [9.17, 15) is 24.6 Å². The molecular weight excluding hydrogens is 340 g/mol. The number of nitrogens with one attached hydrogen (secondary N) is 1. The lowest BCUT2D eigenvalue weighted by atomic mass is 9.95. The van der Waals surface area contributed by atoms with Crippen LogP contribution in [-0.2, 0) is 14.3 Å². The number of carbonyl (C=O) groups is 3. The number of ether oxygens (including phenoxy) is 1. The van der Waals surface area contributed by atoms with Crippen LogP contribution in [-0.4, -0.2) is 62.9 Å². The molecule has 1 saturated heterocycles. The van der Waals surface area contributed by atoms with Gasteiger partial charge >= 0.3 is 12.1 Å². The van der Waals surface area contributed by atoms with E-state index >= 15 is 0 Å². The second kappa shape index (κ2) is 6.11. The number of nitrogens with zero attached hydrogens (tertiary/aromatic N) is 1. The van der Waals surface area contributed by atoms with Gasteiger partial charge in [-0.05, 0) is 46.0 Å². The third kappa shape index (κ3) is 3.79. The highest BCUT2D eigenvalue weighted by Gasteiger charge is 2.70. The maximum atomic E-state index is 13.0. The molecule has 0 radical (unpaired) electrons. The van der Waals surface area contributed by atoms with Crippen LogP contribution in [0.15, 0.2) is 0 Å². The van der Waals surface area contributed by atoms with Crippen molar-refractivity contribution in [1.82, 2.24) is 10.2 Å². The number of alkyl carbamates (subject to hydrolysis) is 1. The van der Waals surface area contributed by atoms with E-state index in [2.05, 4.69) is 5.32 Å². The highest BCUT2D eigenvalue weighted by atomic mass is 16.6. The molecule has 0 spiro atoms. The average molecular weight is 370 g/mol. The number of fused-ring (bicyclic) bond motifs is 1. The Morgan fingerprint density at radius 2 is 1.73 bits per heavy atom. The van der Waals surface area contributed by atoms with Gasteiger partial charge in [-0.25, -0.2) is 9.59 Å². The SMILES string of the molecule is CC(C)(C)OC(=O)N[C@H](C(=O)N1C[C@H]2[C@@H]([C@H]1C(=O)O)C2(C)C)C(C)(C)O. The number of amides is 2. The van der Waals surface area contributed by atoms with Crippen molar-refractivity contribution >= 4 is 18.0 Å². The van der Waals surface area contributed by atoms with Gasteiger partial charge in [-0.3, -0.25) is 4.79 Å². The zero-order valence-corrected chi connectivity index (χ0v) is 16.5. The first-order valence-electron chi connectivity index (χ1n) is 8.82. The third-order valence-corrected chi connectivity index (χ3v) is 5.36. The Balaban J connectivity index is 2.20. The van der Waals surface area contributed by atoms with Gasteiger partial charge < -0.3 is 25.2 Å². The van der Waals surface area contributed by atoms with Crippen molar-refractivity contribution in [2.45, 2.75) is 71.8 Å². The number of hydrogen-bond donors (Lipinski definition) is 3. The first-order valence-corrected chi connectivity index (χ1v) is 8.82. The van der Waals surface area contributed by atoms with Crippen LogP contribution in [0.3, 0.4) is 0 Å². The molecule has 1 aliphatic heterocycles. The summed E-state index contributed by atoms with van der Waals surface area (Å²) >= 11 is 0. The van der Waals surface area contributed by atoms with Crippen molar-refractivity contribution in [2.24, 2.45) is 17.3 Å². The summed E-state index contributed by atoms with van der Waals surface area (Å²) in [6, 6.07) is -2.26. The van der Waals surface area contributed by atoms with Gasteiger partial charge in [0, 0.05) is 12.5 Å². The van der Waals surface area contributed by atoms with E-state index < -0.39 is 41.3 Å². The van der Waals surface area contributed by atoms with Gasteiger partial charge in [0.05, 0.1) is 5.60 Å². The van der Waals surface area contributed by atoms with Gasteiger partial charge in [-0.2, -0.15) is 0 Å². The van der Waals surface area contributed by atoms with E-state index in [1.807, 2.05) is 13.8 Å². The summed E-state index contributed by atoms with van der Waals surface area (Å²) in [6.07, 6.45) is -0.838. The minimum atomic E-state index is -1.58. The Morgan fingerprint density at radius 1 is 1.19 bits per heavy atom. The molecule has 1 aliphatic carbocycles. The van der Waals surface area contributed by atoms with Crippen molar-refractivity contribution in [3.8, 4) is 0 Å². The standard InChI is InChI=1S/C18H30N2O6/c1-16(2,3)26-15(24)19-12(18(6,7)25)13(21)20-8-9-10(17(9,4)5)11(20)14(22)23/h9-12,25H,8H2,1-7H3,(H,19,24)(H,22,23)/t9-,10-,11-,12+/m0/s1. The van der Waals surface area contributed by atoms with Crippen molar-refractivity contribution in [1.29, 1.82) is 0 Å². The fourth-order valence-electron chi connectivity index (χ4n) is 3.93. The average Bonchev–Trinajstić information content (AvgIpc) is 2.81. The number of hydrogen-bond acceptors (Lipinski definition) is 5. The normalized spacial score (nSPS) is 28.2. The Bertz CT molecular complexity index is 616. The number of aliphatic hydroxyl groups is 1. The van der Waals surface area contributed by atoms with Gasteiger partial charge in [0.2, 0.25) is 5.91 Å². The molecule has 26 heavy (non-hydrogen) atoms. The maximum Gasteiger partial charge on any atom is 0.408 e. The van der Waals surface area contributed by atoms with E-state index in [4.69, 9.17) is 4.74 Å². The van der Waals surface area contributed by atoms with Gasteiger partial charge in [0.25, 0.3) is 0 Å². The van der Waals surface area contributed by atoms with Gasteiger partial charge in [-0.1, -0.05) is 13.8 Å². The number of carbonyl (C=O) groups excluding carboxylic acids is 2. The topological polar surface area (TPSA) is 116 Å². The number of carboxylic acid groups (broad SMARTS) is 1. The second-order valence-electron chi connectivity index (χ2n) is 9.46. The molecule has 2 rings (SSSR count). The minimum absolute atomic E-state index is 0.108. The molecule has 2 amide bonds. The molecule has 8 heteroatoms. The summed E-state index contributed by atoms with van der Waals surface area (Å²) < 4.78 is 5.17. The lowest BCUT2D eigenvalue weighted by Gasteiger charge is -2.36. The molecule has 3 N–H and O–H groups in total. The monoisotopic (exact) mass is 370 g/mol. The second-order valence-corrected chi connectivity index (χ2v) is 9.46. The van der Waals surface area contributed by atoms with Crippen molar-refractivity contribution < 1.29 is 29.3 Å². The highest BCUT2D eigenvalue weighted by molar-refractivity contribution is 5.91. The van der Waals surface area contributed by atoms with Crippen molar-refractivity contribution in [3.05, 3.63) is 0 Å². The van der Waals surface area contributed by atoms with E-state index in [0.29, 0.717) is 6.54 Å². The molecule has 0 aromatic carbocycles. The van der Waals surface area contributed by atoms with Crippen LogP contribution in [0.1, 0.15) is 48.5 Å². The van der Waals surface area contributed by atoms with Crippen molar-refractivity contribution in [3.63, 3.8) is 0 Å². The summed E-state index contributed by atoms with van der Waals surface area (Å²) in [6.45, 7) is 12.1. The van der Waals surface area contributed by atoms with Crippen LogP contribution in [0, 0.1) is 17.3 Å². The molecular formula is C18H30N2O6. The predicted molar refractivity (Wildman–Crippen MR) is 93.4 cm³/mol. The number of carboxylic acids is 1. The Kier molecular flexibility index (Phi) is 4.81. The molecule has 0 aromatic rings. The van der Waals surface area contributed by atoms with E-state index in [1.54, 1.807) is 20.8 Å². The first kappa shape index (κ1) is 20.5. The maximum absolute atomic E-state index is 13.0. The van der Waals surface area contributed by atoms with Crippen LogP contribution in [0.4, 0.5) is 4.79 Å². The zero-order valence-electron chi connectivity index (χ0n) is 16.5. The minimum Gasteiger partial charge on any atom is -0.480 e. The lowest BCUT2D eigenvalue weighted by molar-refractivity contribution is -0.153. The molecule has 4 atom stereocenters. The number of rotatable bonds is 4. The third-order valence-electron chi connectivity index (χ3n) is 5.36. The molecule has 0 aromatic heterocycles. The summed E-state index contributed by atoms with van der Waals surface area (Å²) in [4.78, 5) is 38.1. The first-order chi connectivity index (χ1) is 11.6. The van der Waals surface area contributed by atoms with Gasteiger partial charge in [-0.15, -0.1) is 0 Å². The Morgan fingerprint density at radius 3 is 2.15 bits per heavy atom. The van der Waals surface area contributed by atoms with E-state index in [1.165, 1.54) is 18.7 Å². The molecule has 148 valence electrons. The lowest BCUT2D eigenvalue weighted by Crippen LogP contribution is -2.61. The van der Waals surface area contributed by atoms with E-state index in [0.717, 1.165) is 0 Å². The number of piperidine rings is 1. The largest absolute Gasteiger partial charge is 0.480 e. The molecule has 2 fully saturated rings. The molecule has 0 unspecified atom stereocenters. The number of likely N-dealkylation sites (tertiary alicyclic amines) is 1. The quantitative estimate of drug-likeness (QED) is 0.685. The molecule has 2 aliphatic rings. The fourth-order valence-corrected chi connectivity index (χ4v) is 3.93. The summed E-state index contributed by atoms with van der Waals surface area (Å²) in [5.74, 6) is -1.69. The van der Waals surface area contributed by atoms with Crippen LogP contribution in [0.2, 0.25) is 0 Å². The summed E-state index contributed by atoms with van der Waals surface area (Å²) in [7, 11) is 0. The van der Waals surface area contributed by atoms with Gasteiger partial charge in [0.1, 0.15) is 17.7 Å². The van der Waals surface area contributed by atoms with E-state index in [-0.39, 0.29) is 17.3 Å². The Labute approximate surface area is 153 Å². The van der Waals surface area contributed by atoms with Crippen LogP contribution < -0.4 is 5.32 Å². The molecule has 1 saturated carbocycles. The highest BCUT2D eigenvalue weighted by Crippen LogP contribution is 2.64. The summed E-state index contributed by atoms with van der Waals surface area (Å²) in [5, 5.41) is 22.4. The van der Waals surface area contributed by atoms with Crippen LogP contribution in [0.5, 0.6) is 0 Å². The van der Waals surface area contributed by atoms with Crippen LogP contribution in [0.25, 0.3) is 0 Å². The van der Waals surface area contributed by atoms with Gasteiger partial charge in [0.15, 0.2) is 0 Å². The van der Waals surface area contributed by atoms with Crippen LogP contribution >= 0.6 is 0 Å². The number of aliphatic carboxylic acids is 1. The fraction of sp³-hybridized carbons (Fsp3) is 0.833. The molecule has 8 nitrogen and oxygen atoms in total. The molecule has 0 bridgehead atoms. The molecule has 1 heterocycles. The zero-order chi connectivity index (χ0) is 20.2. The summed E-state index contributed by atoms with van der Waals surface area (Å²) in [5.41, 5.74) is -2.47. The van der Waals surface area contributed by atoms with Crippen molar-refractivity contribution in [2.75, 3.05) is 6.54 Å². The predicted octanol–water partition coefficient (Wildman–Crippen LogP) is 1.22. The smallest absolute Gasteiger partial charge is 0.408 e.